The molecule has 0 bridgehead atoms. The van der Waals surface area contributed by atoms with Crippen LogP contribution < -0.4 is 0 Å². The van der Waals surface area contributed by atoms with Crippen LogP contribution in [0.2, 0.25) is 0 Å². The molecule has 0 fully saturated rings. The van der Waals surface area contributed by atoms with Crippen LogP contribution >= 0.6 is 35.0 Å². The Labute approximate surface area is 71.5 Å². The Morgan fingerprint density at radius 1 is 1.90 bits per heavy atom. The van der Waals surface area contributed by atoms with Gasteiger partial charge in [-0.05, 0) is 0 Å². The fraction of sp³-hybridized carbons (Fsp3) is 0.500. The van der Waals surface area contributed by atoms with Crippen molar-refractivity contribution in [1.82, 2.24) is 0 Å². The normalized spacial score (nSPS) is 37.6. The third kappa shape index (κ3) is 1.73. The molecule has 0 radical (unpaired) electrons. The summed E-state index contributed by atoms with van der Waals surface area (Å²) in [6.45, 7) is 0. The van der Waals surface area contributed by atoms with E-state index in [1.165, 1.54) is 12.3 Å². The van der Waals surface area contributed by atoms with E-state index >= 15 is 0 Å². The number of hydrogen-bond acceptors (Lipinski definition) is 4. The fourth-order valence-electron chi connectivity index (χ4n) is 0.465. The Hall–Kier alpha value is -0.0200. The first-order chi connectivity index (χ1) is 4.66. The topological polar surface area (TPSA) is 41.8 Å². The van der Waals surface area contributed by atoms with Crippen molar-refractivity contribution in [3.63, 3.8) is 0 Å². The molecule has 2 atom stereocenters. The molecule has 1 rings (SSSR count). The van der Waals surface area contributed by atoms with Crippen LogP contribution in [0.25, 0.3) is 0 Å². The summed E-state index contributed by atoms with van der Waals surface area (Å²) in [4.78, 5) is 16.3. The third-order valence-electron chi connectivity index (χ3n) is 0.812. The number of thioether (sulfide) groups is 1. The van der Waals surface area contributed by atoms with Gasteiger partial charge in [-0.3, -0.25) is 4.99 Å². The maximum absolute atomic E-state index is 9.78. The standard InChI is InChI=1S/C4H2Cl2N2OS/c5-3-7-1-4(6,10-3)8-2-9/h1,3H. The second-order valence-corrected chi connectivity index (χ2v) is 4.28. The summed E-state index contributed by atoms with van der Waals surface area (Å²) in [6.07, 6.45) is 2.66. The second-order valence-electron chi connectivity index (χ2n) is 1.50. The van der Waals surface area contributed by atoms with Crippen molar-refractivity contribution in [3.8, 4) is 0 Å². The van der Waals surface area contributed by atoms with Gasteiger partial charge in [0.2, 0.25) is 10.4 Å². The van der Waals surface area contributed by atoms with E-state index in [0.29, 0.717) is 0 Å². The quantitative estimate of drug-likeness (QED) is 0.277. The molecule has 0 saturated carbocycles. The van der Waals surface area contributed by atoms with E-state index in [-0.39, 0.29) is 0 Å². The van der Waals surface area contributed by atoms with Gasteiger partial charge in [-0.15, -0.1) is 0 Å². The fourth-order valence-corrected chi connectivity index (χ4v) is 2.02. The van der Waals surface area contributed by atoms with Crippen molar-refractivity contribution >= 4 is 47.3 Å². The summed E-state index contributed by atoms with van der Waals surface area (Å²) in [7, 11) is 0. The Morgan fingerprint density at radius 3 is 3.00 bits per heavy atom. The number of rotatable bonds is 1. The lowest BCUT2D eigenvalue weighted by atomic mass is 10.7. The summed E-state index contributed by atoms with van der Waals surface area (Å²) in [5.74, 6) is 0. The summed E-state index contributed by atoms with van der Waals surface area (Å²) < 4.78 is -1.12. The molecule has 0 aromatic rings. The van der Waals surface area contributed by atoms with E-state index in [2.05, 4.69) is 9.98 Å². The van der Waals surface area contributed by atoms with Crippen LogP contribution in [0.1, 0.15) is 0 Å². The van der Waals surface area contributed by atoms with Crippen molar-refractivity contribution in [2.45, 2.75) is 9.16 Å². The van der Waals surface area contributed by atoms with E-state index in [1.807, 2.05) is 0 Å². The van der Waals surface area contributed by atoms with Crippen molar-refractivity contribution in [3.05, 3.63) is 0 Å². The third-order valence-corrected chi connectivity index (χ3v) is 2.48. The molecule has 0 aromatic heterocycles. The first-order valence-electron chi connectivity index (χ1n) is 2.30. The summed E-state index contributed by atoms with van der Waals surface area (Å²) in [6, 6.07) is 0. The van der Waals surface area contributed by atoms with E-state index in [1.54, 1.807) is 0 Å². The van der Waals surface area contributed by atoms with Gasteiger partial charge in [0.25, 0.3) is 0 Å². The number of isocyanates is 1. The van der Waals surface area contributed by atoms with Crippen LogP contribution in [0.3, 0.4) is 0 Å². The van der Waals surface area contributed by atoms with E-state index in [0.717, 1.165) is 11.8 Å². The van der Waals surface area contributed by atoms with E-state index in [9.17, 15) is 4.79 Å². The van der Waals surface area contributed by atoms with Crippen LogP contribution in [-0.4, -0.2) is 21.5 Å². The number of hydrogen-bond donors (Lipinski definition) is 0. The van der Waals surface area contributed by atoms with Gasteiger partial charge in [0.1, 0.15) is 0 Å². The first kappa shape index (κ1) is 8.08. The monoisotopic (exact) mass is 196 g/mol. The van der Waals surface area contributed by atoms with Gasteiger partial charge in [-0.2, -0.15) is 4.99 Å². The van der Waals surface area contributed by atoms with Crippen molar-refractivity contribution in [1.29, 1.82) is 0 Å². The lowest BCUT2D eigenvalue weighted by molar-refractivity contribution is 0.563. The number of halogens is 2. The molecule has 0 aromatic carbocycles. The lowest BCUT2D eigenvalue weighted by Crippen LogP contribution is -2.10. The smallest absolute Gasteiger partial charge is 0.238 e. The summed E-state index contributed by atoms with van der Waals surface area (Å²) >= 11 is 12.3. The predicted octanol–water partition coefficient (Wildman–Crippen LogP) is 1.55. The van der Waals surface area contributed by atoms with Crippen LogP contribution in [0.5, 0.6) is 0 Å². The highest BCUT2D eigenvalue weighted by molar-refractivity contribution is 8.04. The number of carbonyl (C=O) groups excluding carboxylic acids is 1. The van der Waals surface area contributed by atoms with Crippen LogP contribution in [0.15, 0.2) is 9.98 Å². The zero-order valence-electron chi connectivity index (χ0n) is 4.62. The lowest BCUT2D eigenvalue weighted by Gasteiger charge is -2.06. The Balaban J connectivity index is 2.74. The van der Waals surface area contributed by atoms with Crippen molar-refractivity contribution < 1.29 is 4.79 Å². The van der Waals surface area contributed by atoms with Crippen molar-refractivity contribution in [2.75, 3.05) is 0 Å². The zero-order valence-corrected chi connectivity index (χ0v) is 6.95. The number of aliphatic imine (C=N–C) groups is 2. The largest absolute Gasteiger partial charge is 0.262 e. The molecule has 0 aliphatic carbocycles. The van der Waals surface area contributed by atoms with Gasteiger partial charge in [-0.25, -0.2) is 4.79 Å². The number of nitrogens with zero attached hydrogens (tertiary/aromatic N) is 2. The highest BCUT2D eigenvalue weighted by Crippen LogP contribution is 2.40. The van der Waals surface area contributed by atoms with Crippen LogP contribution in [0.4, 0.5) is 0 Å². The first-order valence-corrected chi connectivity index (χ1v) is 4.00. The van der Waals surface area contributed by atoms with Gasteiger partial charge in [0, 0.05) is 0 Å². The zero-order chi connectivity index (χ0) is 7.61. The van der Waals surface area contributed by atoms with E-state index in [4.69, 9.17) is 23.2 Å². The summed E-state index contributed by atoms with van der Waals surface area (Å²) in [5, 5.41) is 0. The molecular formula is C4H2Cl2N2OS. The molecule has 2 unspecified atom stereocenters. The van der Waals surface area contributed by atoms with Crippen LogP contribution in [-0.2, 0) is 4.79 Å². The number of alkyl halides is 2. The Bertz CT molecular complexity index is 215. The molecule has 0 spiro atoms. The van der Waals surface area contributed by atoms with Gasteiger partial charge >= 0.3 is 0 Å². The summed E-state index contributed by atoms with van der Waals surface area (Å²) in [5.41, 5.74) is 0. The maximum atomic E-state index is 9.78. The minimum atomic E-state index is -1.12. The highest BCUT2D eigenvalue weighted by atomic mass is 35.5. The SMILES string of the molecule is O=C=NC1(Cl)C=NC(Cl)S1. The molecule has 1 aliphatic heterocycles. The van der Waals surface area contributed by atoms with E-state index < -0.39 is 9.16 Å². The molecule has 3 nitrogen and oxygen atoms in total. The molecule has 54 valence electrons. The molecule has 1 aliphatic rings. The minimum absolute atomic E-state index is 0.449. The van der Waals surface area contributed by atoms with Gasteiger partial charge in [-0.1, -0.05) is 35.0 Å². The molecular weight excluding hydrogens is 195 g/mol. The molecule has 1 heterocycles. The van der Waals surface area contributed by atoms with Gasteiger partial charge in [0.15, 0.2) is 4.83 Å². The molecule has 6 heteroatoms. The Morgan fingerprint density at radius 2 is 2.60 bits per heavy atom. The van der Waals surface area contributed by atoms with Gasteiger partial charge < -0.3 is 0 Å². The Kier molecular flexibility index (Phi) is 2.36. The average molecular weight is 197 g/mol. The highest BCUT2D eigenvalue weighted by Gasteiger charge is 2.33. The molecule has 10 heavy (non-hydrogen) atoms. The second kappa shape index (κ2) is 2.93. The maximum Gasteiger partial charge on any atom is 0.238 e. The van der Waals surface area contributed by atoms with Crippen LogP contribution in [0, 0.1) is 0 Å². The average Bonchev–Trinajstić information content (AvgIpc) is 2.12. The molecule has 0 saturated heterocycles. The molecule has 0 amide bonds. The minimum Gasteiger partial charge on any atom is -0.262 e. The van der Waals surface area contributed by atoms with Gasteiger partial charge in [0.05, 0.1) is 6.21 Å². The predicted molar refractivity (Wildman–Crippen MR) is 42.4 cm³/mol. The molecule has 0 N–H and O–H groups in total. The van der Waals surface area contributed by atoms with Crippen molar-refractivity contribution in [2.24, 2.45) is 9.98 Å².